The highest BCUT2D eigenvalue weighted by atomic mass is 35.7. The zero-order chi connectivity index (χ0) is 15.6. The van der Waals surface area contributed by atoms with Crippen LogP contribution in [0.2, 0.25) is 0 Å². The molecule has 1 aromatic carbocycles. The molecule has 2 atom stereocenters. The highest BCUT2D eigenvalue weighted by Crippen LogP contribution is 2.36. The molecule has 8 heteroatoms. The molecular formula is C13H16ClNO5S. The molecule has 1 aliphatic rings. The highest BCUT2D eigenvalue weighted by Gasteiger charge is 2.32. The van der Waals surface area contributed by atoms with Gasteiger partial charge >= 0.3 is 0 Å². The van der Waals surface area contributed by atoms with Crippen molar-refractivity contribution in [3.63, 3.8) is 0 Å². The molecule has 0 saturated carbocycles. The Balaban J connectivity index is 2.22. The molecule has 0 fully saturated rings. The lowest BCUT2D eigenvalue weighted by Gasteiger charge is -2.16. The Bertz CT molecular complexity index is 646. The summed E-state index contributed by atoms with van der Waals surface area (Å²) in [4.78, 5) is 12.2. The van der Waals surface area contributed by atoms with Gasteiger partial charge in [-0.05, 0) is 25.1 Å². The third-order valence-corrected chi connectivity index (χ3v) is 4.52. The van der Waals surface area contributed by atoms with E-state index in [1.165, 1.54) is 18.2 Å². The number of fused-ring (bicyclic) bond motifs is 1. The number of carbonyl (C=O) groups excluding carboxylic acids is 1. The lowest BCUT2D eigenvalue weighted by molar-refractivity contribution is -0.123. The van der Waals surface area contributed by atoms with E-state index in [1.54, 1.807) is 7.11 Å². The normalized spacial score (nSPS) is 18.7. The summed E-state index contributed by atoms with van der Waals surface area (Å²) < 4.78 is 33.1. The molecular weight excluding hydrogens is 318 g/mol. The minimum absolute atomic E-state index is 0.0452. The Labute approximate surface area is 127 Å². The summed E-state index contributed by atoms with van der Waals surface area (Å²) in [6.07, 6.45) is 0. The molecule has 0 aromatic heterocycles. The van der Waals surface area contributed by atoms with Gasteiger partial charge in [-0.25, -0.2) is 8.42 Å². The second-order valence-corrected chi connectivity index (χ2v) is 7.43. The van der Waals surface area contributed by atoms with Gasteiger partial charge in [-0.3, -0.25) is 4.79 Å². The van der Waals surface area contributed by atoms with Crippen molar-refractivity contribution in [2.45, 2.75) is 23.8 Å². The van der Waals surface area contributed by atoms with Crippen LogP contribution in [0.15, 0.2) is 23.1 Å². The number of amides is 1. The number of hydrogen-bond donors (Lipinski definition) is 1. The van der Waals surface area contributed by atoms with E-state index in [1.807, 2.05) is 6.92 Å². The van der Waals surface area contributed by atoms with Gasteiger partial charge in [-0.1, -0.05) is 0 Å². The first-order valence-electron chi connectivity index (χ1n) is 6.33. The third kappa shape index (κ3) is 3.66. The van der Waals surface area contributed by atoms with Crippen LogP contribution in [0.25, 0.3) is 0 Å². The maximum atomic E-state index is 12.2. The molecule has 1 heterocycles. The van der Waals surface area contributed by atoms with E-state index in [4.69, 9.17) is 20.2 Å². The number of ether oxygens (including phenoxy) is 2. The number of benzene rings is 1. The van der Waals surface area contributed by atoms with Crippen molar-refractivity contribution in [2.75, 3.05) is 20.3 Å². The number of rotatable bonds is 5. The molecule has 0 radical (unpaired) electrons. The molecule has 6 nitrogen and oxygen atoms in total. The molecule has 1 aliphatic heterocycles. The second kappa shape index (κ2) is 6.21. The van der Waals surface area contributed by atoms with Crippen LogP contribution in [0.4, 0.5) is 0 Å². The van der Waals surface area contributed by atoms with Crippen LogP contribution in [-0.4, -0.2) is 40.7 Å². The summed E-state index contributed by atoms with van der Waals surface area (Å²) in [5.41, 5.74) is 0.527. The van der Waals surface area contributed by atoms with E-state index < -0.39 is 15.0 Å². The number of nitrogens with one attached hydrogen (secondary N) is 1. The summed E-state index contributed by atoms with van der Waals surface area (Å²) in [6, 6.07) is 4.10. The van der Waals surface area contributed by atoms with Crippen LogP contribution in [0.5, 0.6) is 5.75 Å². The van der Waals surface area contributed by atoms with E-state index in [0.717, 1.165) is 0 Å². The first-order chi connectivity index (χ1) is 9.82. The van der Waals surface area contributed by atoms with Crippen molar-refractivity contribution in [2.24, 2.45) is 0 Å². The van der Waals surface area contributed by atoms with E-state index in [-0.39, 0.29) is 23.5 Å². The molecule has 1 aromatic rings. The van der Waals surface area contributed by atoms with Crippen LogP contribution in [0, 0.1) is 0 Å². The van der Waals surface area contributed by atoms with Crippen molar-refractivity contribution in [1.82, 2.24) is 5.32 Å². The van der Waals surface area contributed by atoms with E-state index >= 15 is 0 Å². The Morgan fingerprint density at radius 2 is 2.29 bits per heavy atom. The Kier molecular flexibility index (Phi) is 4.75. The van der Waals surface area contributed by atoms with Crippen molar-refractivity contribution in [1.29, 1.82) is 0 Å². The molecule has 0 aliphatic carbocycles. The van der Waals surface area contributed by atoms with Gasteiger partial charge < -0.3 is 14.8 Å². The molecule has 0 saturated heterocycles. The van der Waals surface area contributed by atoms with Crippen LogP contribution in [0.1, 0.15) is 18.4 Å². The van der Waals surface area contributed by atoms with Gasteiger partial charge in [0.05, 0.1) is 11.5 Å². The summed E-state index contributed by atoms with van der Waals surface area (Å²) in [5.74, 6) is -0.293. The van der Waals surface area contributed by atoms with E-state index in [9.17, 15) is 13.2 Å². The Hall–Kier alpha value is -1.31. The van der Waals surface area contributed by atoms with Gasteiger partial charge in [0.15, 0.2) is 0 Å². The van der Waals surface area contributed by atoms with Gasteiger partial charge in [0, 0.05) is 29.4 Å². The fourth-order valence-corrected chi connectivity index (χ4v) is 2.98. The molecule has 1 amide bonds. The van der Waals surface area contributed by atoms with Crippen LogP contribution >= 0.6 is 10.7 Å². The van der Waals surface area contributed by atoms with Crippen LogP contribution in [-0.2, 0) is 18.6 Å². The Morgan fingerprint density at radius 1 is 1.57 bits per heavy atom. The zero-order valence-electron chi connectivity index (χ0n) is 11.6. The van der Waals surface area contributed by atoms with Gasteiger partial charge in [-0.15, -0.1) is 0 Å². The van der Waals surface area contributed by atoms with Crippen molar-refractivity contribution in [3.8, 4) is 5.75 Å². The lowest BCUT2D eigenvalue weighted by atomic mass is 10.0. The quantitative estimate of drug-likeness (QED) is 0.820. The van der Waals surface area contributed by atoms with Gasteiger partial charge in [0.25, 0.3) is 9.05 Å². The fraction of sp³-hybridized carbons (Fsp3) is 0.462. The minimum Gasteiger partial charge on any atom is -0.492 e. The monoisotopic (exact) mass is 333 g/mol. The largest absolute Gasteiger partial charge is 0.492 e. The predicted octanol–water partition coefficient (Wildman–Crippen LogP) is 1.24. The van der Waals surface area contributed by atoms with Gasteiger partial charge in [0.2, 0.25) is 5.91 Å². The topological polar surface area (TPSA) is 81.7 Å². The Morgan fingerprint density at radius 3 is 2.90 bits per heavy atom. The maximum absolute atomic E-state index is 12.2. The average molecular weight is 334 g/mol. The fourth-order valence-electron chi connectivity index (χ4n) is 2.20. The summed E-state index contributed by atoms with van der Waals surface area (Å²) in [6.45, 7) is 2.38. The van der Waals surface area contributed by atoms with Crippen LogP contribution < -0.4 is 10.1 Å². The van der Waals surface area contributed by atoms with E-state index in [0.29, 0.717) is 17.9 Å². The van der Waals surface area contributed by atoms with Gasteiger partial charge in [0.1, 0.15) is 18.3 Å². The molecule has 0 bridgehead atoms. The van der Waals surface area contributed by atoms with Crippen molar-refractivity contribution >= 4 is 25.6 Å². The first-order valence-corrected chi connectivity index (χ1v) is 8.64. The summed E-state index contributed by atoms with van der Waals surface area (Å²) in [5, 5.41) is 2.80. The predicted molar refractivity (Wildman–Crippen MR) is 77.2 cm³/mol. The molecule has 116 valence electrons. The molecule has 2 rings (SSSR count). The molecule has 0 spiro atoms. The summed E-state index contributed by atoms with van der Waals surface area (Å²) in [7, 11) is 3.04. The van der Waals surface area contributed by atoms with Gasteiger partial charge in [-0.2, -0.15) is 0 Å². The lowest BCUT2D eigenvalue weighted by Crippen LogP contribution is -2.39. The first kappa shape index (κ1) is 16.1. The second-order valence-electron chi connectivity index (χ2n) is 4.87. The number of methoxy groups -OCH3 is 1. The number of halogens is 1. The molecule has 1 N–H and O–H groups in total. The molecule has 2 unspecified atom stereocenters. The number of hydrogen-bond acceptors (Lipinski definition) is 5. The smallest absolute Gasteiger partial charge is 0.261 e. The minimum atomic E-state index is -3.84. The SMILES string of the molecule is COCC(C)NC(=O)C1COc2ccc(S(=O)(=O)Cl)cc21. The molecule has 21 heavy (non-hydrogen) atoms. The van der Waals surface area contributed by atoms with Crippen LogP contribution in [0.3, 0.4) is 0 Å². The zero-order valence-corrected chi connectivity index (χ0v) is 13.2. The number of carbonyl (C=O) groups is 1. The standard InChI is InChI=1S/C13H16ClNO5S/c1-8(6-19-2)15-13(16)11-7-20-12-4-3-9(5-10(11)12)21(14,17)18/h3-5,8,11H,6-7H2,1-2H3,(H,15,16). The average Bonchev–Trinajstić information content (AvgIpc) is 2.80. The van der Waals surface area contributed by atoms with Crippen molar-refractivity contribution in [3.05, 3.63) is 23.8 Å². The van der Waals surface area contributed by atoms with E-state index in [2.05, 4.69) is 5.32 Å². The highest BCUT2D eigenvalue weighted by molar-refractivity contribution is 8.13. The summed E-state index contributed by atoms with van der Waals surface area (Å²) >= 11 is 0. The van der Waals surface area contributed by atoms with Crippen molar-refractivity contribution < 1.29 is 22.7 Å². The maximum Gasteiger partial charge on any atom is 0.261 e. The third-order valence-electron chi connectivity index (χ3n) is 3.17.